The number of ether oxygens (including phenoxy) is 1. The minimum atomic E-state index is -0.505. The Hall–Kier alpha value is -3.77. The van der Waals surface area contributed by atoms with Crippen LogP contribution in [0.1, 0.15) is 176 Å². The van der Waals surface area contributed by atoms with Crippen LogP contribution in [0, 0.1) is 41.5 Å². The molecule has 9 rings (SSSR count). The molecule has 2 heterocycles. The number of hydrogen-bond acceptors (Lipinski definition) is 5. The van der Waals surface area contributed by atoms with Gasteiger partial charge in [-0.25, -0.2) is 4.79 Å². The summed E-state index contributed by atoms with van der Waals surface area (Å²) in [5.74, 6) is 1.33. The molecule has 0 aromatic heterocycles. The van der Waals surface area contributed by atoms with Gasteiger partial charge in [-0.05, 0) is 178 Å². The van der Waals surface area contributed by atoms with E-state index in [0.717, 1.165) is 81.5 Å². The van der Waals surface area contributed by atoms with Gasteiger partial charge >= 0.3 is 6.09 Å². The largest absolute Gasteiger partial charge is 0.444 e. The Morgan fingerprint density at radius 2 is 1.22 bits per heavy atom. The van der Waals surface area contributed by atoms with Crippen molar-refractivity contribution in [3.8, 4) is 0 Å². The van der Waals surface area contributed by atoms with Gasteiger partial charge in [0.1, 0.15) is 11.4 Å². The summed E-state index contributed by atoms with van der Waals surface area (Å²) in [7, 11) is -0.496. The predicted octanol–water partition coefficient (Wildman–Crippen LogP) is 16.6. The quantitative estimate of drug-likeness (QED) is 0.180. The van der Waals surface area contributed by atoms with Crippen LogP contribution in [0.4, 0.5) is 16.2 Å². The molecule has 0 bridgehead atoms. The van der Waals surface area contributed by atoms with Crippen LogP contribution in [-0.2, 0) is 9.53 Å². The van der Waals surface area contributed by atoms with Crippen LogP contribution in [0.3, 0.4) is 0 Å². The summed E-state index contributed by atoms with van der Waals surface area (Å²) < 4.78 is 4.94. The summed E-state index contributed by atoms with van der Waals surface area (Å²) >= 11 is 16.5. The maximum absolute atomic E-state index is 12.3. The summed E-state index contributed by atoms with van der Waals surface area (Å²) in [5, 5.41) is 2.85. The molecular weight excluding hydrogens is 963 g/mol. The van der Waals surface area contributed by atoms with Gasteiger partial charge in [-0.15, -0.1) is 23.2 Å². The zero-order valence-corrected chi connectivity index (χ0v) is 48.6. The van der Waals surface area contributed by atoms with Crippen LogP contribution in [0.5, 0.6) is 0 Å². The highest BCUT2D eigenvalue weighted by Gasteiger charge is 2.53. The lowest BCUT2D eigenvalue weighted by Gasteiger charge is -2.52. The minimum Gasteiger partial charge on any atom is -0.444 e. The van der Waals surface area contributed by atoms with Gasteiger partial charge in [0.25, 0.3) is 0 Å². The van der Waals surface area contributed by atoms with Crippen LogP contribution >= 0.6 is 31.1 Å². The highest BCUT2D eigenvalue weighted by molar-refractivity contribution is 7.63. The number of rotatable bonds is 8. The van der Waals surface area contributed by atoms with E-state index in [0.29, 0.717) is 0 Å². The summed E-state index contributed by atoms with van der Waals surface area (Å²) in [4.78, 5) is 31.5. The van der Waals surface area contributed by atoms with E-state index in [9.17, 15) is 9.59 Å². The molecule has 4 aliphatic carbocycles. The second-order valence-electron chi connectivity index (χ2n) is 23.6. The fourth-order valence-corrected chi connectivity index (χ4v) is 19.6. The number of allylic oxidation sites excluding steroid dienone is 2. The first-order chi connectivity index (χ1) is 34.8. The van der Waals surface area contributed by atoms with Crippen LogP contribution in [0.15, 0.2) is 83.2 Å². The van der Waals surface area contributed by atoms with E-state index in [1.54, 1.807) is 6.08 Å². The number of aryl methyl sites for hydroxylation is 6. The molecule has 5 fully saturated rings. The van der Waals surface area contributed by atoms with Gasteiger partial charge < -0.3 is 24.8 Å². The van der Waals surface area contributed by atoms with Crippen molar-refractivity contribution in [1.29, 1.82) is 0 Å². The van der Waals surface area contributed by atoms with Crippen LogP contribution in [0.25, 0.3) is 6.08 Å². The highest BCUT2D eigenvalue weighted by atomic mass is 35.5. The maximum atomic E-state index is 12.3. The zero-order chi connectivity index (χ0) is 52.2. The standard InChI is InChI=1S/C46H59Cl2N2P.C17H28N2O3/c1-31-26-33(3)43(34(4)27-31)49-24-25-50(44-35(5)28-32(2)29-36(44)6)45(49)42-40(30-37-16-10-7-11-17-37)46(48,23-22-41(42)47)51(38-18-12-8-13-19-38)39-20-14-9-15-21-39;1-12-9-10-19(15(20)11-12)14-8-6-5-7-13(14)18-16(21)22-17(2,3)4/h7,10-11,16-17,26-30,38-39,41H,8-9,12-15,18-25H2,1-6H3;11,13-14H,5-10H2,1-4H3,(H,18,21)/t;13-,14-/m.1/s1. The Kier molecular flexibility index (Phi) is 18.3. The molecule has 0 radical (unpaired) electrons. The molecule has 6 aliphatic rings. The fraction of sp³-hybridized carbons (Fsp3) is 0.587. The molecule has 2 unspecified atom stereocenters. The van der Waals surface area contributed by atoms with Crippen molar-refractivity contribution >= 4 is 60.6 Å². The van der Waals surface area contributed by atoms with Crippen molar-refractivity contribution < 1.29 is 14.3 Å². The number of nitrogens with one attached hydrogen (secondary N) is 1. The summed E-state index contributed by atoms with van der Waals surface area (Å²) in [6, 6.07) is 20.5. The molecule has 7 nitrogen and oxygen atoms in total. The predicted molar refractivity (Wildman–Crippen MR) is 311 cm³/mol. The Labute approximate surface area is 451 Å². The van der Waals surface area contributed by atoms with E-state index in [2.05, 4.69) is 117 Å². The lowest BCUT2D eigenvalue weighted by atomic mass is 9.85. The number of alkyl halides is 2. The number of alkyl carbamates (subject to hydrolysis) is 1. The van der Waals surface area contributed by atoms with Crippen LogP contribution in [0.2, 0.25) is 0 Å². The second-order valence-corrected chi connectivity index (χ2v) is 28.1. The van der Waals surface area contributed by atoms with Crippen LogP contribution < -0.4 is 15.1 Å². The topological polar surface area (TPSA) is 65.1 Å². The number of carbonyl (C=O) groups is 2. The molecule has 0 spiro atoms. The molecule has 73 heavy (non-hydrogen) atoms. The first kappa shape index (κ1) is 55.5. The molecule has 4 saturated carbocycles. The fourth-order valence-electron chi connectivity index (χ4n) is 13.7. The summed E-state index contributed by atoms with van der Waals surface area (Å²) in [6.45, 7) is 23.7. The van der Waals surface area contributed by atoms with Crippen molar-refractivity contribution in [2.75, 3.05) is 29.4 Å². The lowest BCUT2D eigenvalue weighted by molar-refractivity contribution is -0.130. The molecule has 396 valence electrons. The molecule has 4 atom stereocenters. The third kappa shape index (κ3) is 12.9. The van der Waals surface area contributed by atoms with E-state index in [-0.39, 0.29) is 29.5 Å². The van der Waals surface area contributed by atoms with Crippen LogP contribution in [-0.4, -0.2) is 75.5 Å². The first-order valence-corrected chi connectivity index (χ1v) is 30.4. The van der Waals surface area contributed by atoms with Gasteiger partial charge in [-0.2, -0.15) is 0 Å². The molecule has 3 aromatic carbocycles. The number of anilines is 2. The number of hydrogen-bond donors (Lipinski definition) is 1. The third-order valence-electron chi connectivity index (χ3n) is 16.5. The van der Waals surface area contributed by atoms with Crippen molar-refractivity contribution in [2.24, 2.45) is 0 Å². The number of nitrogens with zero attached hydrogens (tertiary/aromatic N) is 3. The van der Waals surface area contributed by atoms with E-state index >= 15 is 0 Å². The normalized spacial score (nSPS) is 25.2. The second kappa shape index (κ2) is 24.1. The summed E-state index contributed by atoms with van der Waals surface area (Å²) in [5.41, 5.74) is 16.5. The molecule has 10 heteroatoms. The number of carbonyl (C=O) groups excluding carboxylic acids is 2. The Balaban J connectivity index is 0.000000270. The van der Waals surface area contributed by atoms with E-state index in [4.69, 9.17) is 27.9 Å². The first-order valence-electron chi connectivity index (χ1n) is 28.1. The average molecular weight is 1050 g/mol. The highest BCUT2D eigenvalue weighted by Crippen LogP contribution is 2.72. The molecular formula is C63H87Cl2N4O3P. The van der Waals surface area contributed by atoms with Crippen molar-refractivity contribution in [3.05, 3.63) is 122 Å². The van der Waals surface area contributed by atoms with Gasteiger partial charge in [-0.3, -0.25) is 4.79 Å². The lowest BCUT2D eigenvalue weighted by Crippen LogP contribution is -2.56. The van der Waals surface area contributed by atoms with E-state index in [1.165, 1.54) is 131 Å². The number of amides is 2. The molecule has 1 N–H and O–H groups in total. The smallest absolute Gasteiger partial charge is 0.407 e. The van der Waals surface area contributed by atoms with E-state index < -0.39 is 18.1 Å². The van der Waals surface area contributed by atoms with Gasteiger partial charge in [0, 0.05) is 42.7 Å². The van der Waals surface area contributed by atoms with Crippen molar-refractivity contribution in [2.45, 2.75) is 217 Å². The van der Waals surface area contributed by atoms with Gasteiger partial charge in [0.05, 0.1) is 22.1 Å². The number of benzene rings is 3. The average Bonchev–Trinajstić information content (AvgIpc) is 3.73. The Morgan fingerprint density at radius 1 is 0.712 bits per heavy atom. The van der Waals surface area contributed by atoms with Crippen molar-refractivity contribution in [3.63, 3.8) is 0 Å². The number of halogens is 2. The van der Waals surface area contributed by atoms with Gasteiger partial charge in [-0.1, -0.05) is 131 Å². The van der Waals surface area contributed by atoms with Gasteiger partial charge in [0.15, 0.2) is 0 Å². The Morgan fingerprint density at radius 3 is 1.73 bits per heavy atom. The zero-order valence-electron chi connectivity index (χ0n) is 46.1. The van der Waals surface area contributed by atoms with Gasteiger partial charge in [0.2, 0.25) is 5.91 Å². The molecule has 3 aromatic rings. The molecule has 1 saturated heterocycles. The Bertz CT molecular complexity index is 2410. The van der Waals surface area contributed by atoms with E-state index in [1.807, 2.05) is 32.6 Å². The monoisotopic (exact) mass is 1050 g/mol. The maximum Gasteiger partial charge on any atom is 0.407 e. The minimum absolute atomic E-state index is 0.0145. The summed E-state index contributed by atoms with van der Waals surface area (Å²) in [6.07, 6.45) is 24.2. The molecule has 2 aliphatic heterocycles. The SMILES string of the molecule is CC1=CC(=O)N([C@@H]2CCCC[C@H]2NC(=O)OC(C)(C)C)CC1.Cc1cc(C)c(N2CCN(c3c(C)cc(C)cc3C)C2=C2C(=Cc3ccccc3)C(Cl)(P(C3CCCCC3)C3CCCCC3)CCC2Cl)c(C)c1. The third-order valence-corrected chi connectivity index (χ3v) is 21.8. The molecule has 2 amide bonds. The van der Waals surface area contributed by atoms with Crippen molar-refractivity contribution in [1.82, 2.24) is 10.2 Å².